The van der Waals surface area contributed by atoms with Crippen molar-refractivity contribution in [3.8, 4) is 0 Å². The van der Waals surface area contributed by atoms with Gasteiger partial charge in [-0.05, 0) is 100.0 Å². The Balaban J connectivity index is 0.000000185. The largest absolute Gasteiger partial charge is 0.348 e. The monoisotopic (exact) mass is 1000 g/mol. The molecule has 358 valence electrons. The molecule has 2 atom stereocenters. The highest BCUT2D eigenvalue weighted by molar-refractivity contribution is 7.88. The van der Waals surface area contributed by atoms with Crippen LogP contribution in [0.5, 0.6) is 0 Å². The van der Waals surface area contributed by atoms with Crippen LogP contribution in [-0.4, -0.2) is 122 Å². The molecule has 69 heavy (non-hydrogen) atoms. The van der Waals surface area contributed by atoms with Gasteiger partial charge in [-0.1, -0.05) is 96.9 Å². The van der Waals surface area contributed by atoms with Crippen molar-refractivity contribution >= 4 is 72.4 Å². The van der Waals surface area contributed by atoms with Gasteiger partial charge in [0.15, 0.2) is 0 Å². The number of hydrogen-bond donors (Lipinski definition) is 0. The highest BCUT2D eigenvalue weighted by atomic mass is 35.5. The van der Waals surface area contributed by atoms with E-state index in [0.717, 1.165) is 57.0 Å². The fourth-order valence-corrected chi connectivity index (χ4v) is 12.0. The van der Waals surface area contributed by atoms with Crippen molar-refractivity contribution < 1.29 is 16.8 Å². The first-order chi connectivity index (χ1) is 33.2. The molecule has 2 aliphatic carbocycles. The Bertz CT molecular complexity index is 3090. The first-order valence-electron chi connectivity index (χ1n) is 23.2. The van der Waals surface area contributed by atoms with Gasteiger partial charge in [0.25, 0.3) is 0 Å². The van der Waals surface area contributed by atoms with Crippen molar-refractivity contribution in [2.75, 3.05) is 76.3 Å². The van der Waals surface area contributed by atoms with Crippen molar-refractivity contribution in [3.63, 3.8) is 0 Å². The maximum absolute atomic E-state index is 12.2. The summed E-state index contributed by atoms with van der Waals surface area (Å²) in [7, 11) is -6.40. The van der Waals surface area contributed by atoms with Crippen LogP contribution in [-0.2, 0) is 26.6 Å². The Morgan fingerprint density at radius 1 is 0.551 bits per heavy atom. The molecule has 6 aromatic rings. The number of fused-ring (bicyclic) bond motifs is 4. The third-order valence-corrected chi connectivity index (χ3v) is 16.5. The second-order valence-corrected chi connectivity index (χ2v) is 22.7. The van der Waals surface area contributed by atoms with Gasteiger partial charge in [-0.15, -0.1) is 0 Å². The quantitative estimate of drug-likeness (QED) is 0.131. The van der Waals surface area contributed by atoms with Gasteiger partial charge in [-0.3, -0.25) is 19.8 Å². The van der Waals surface area contributed by atoms with Crippen LogP contribution in [0.3, 0.4) is 0 Å². The number of pyridine rings is 3. The van der Waals surface area contributed by atoms with Gasteiger partial charge in [-0.2, -0.15) is 8.61 Å². The van der Waals surface area contributed by atoms with Crippen LogP contribution in [0.4, 0.5) is 5.82 Å². The molecule has 16 heteroatoms. The average molecular weight is 1000 g/mol. The van der Waals surface area contributed by atoms with E-state index in [1.54, 1.807) is 8.61 Å². The zero-order valence-electron chi connectivity index (χ0n) is 39.0. The second kappa shape index (κ2) is 21.0. The van der Waals surface area contributed by atoms with E-state index in [9.17, 15) is 16.8 Å². The van der Waals surface area contributed by atoms with Crippen LogP contribution in [0.1, 0.15) is 75.8 Å². The summed E-state index contributed by atoms with van der Waals surface area (Å²) >= 11 is 12.9. The van der Waals surface area contributed by atoms with E-state index in [2.05, 4.69) is 82.3 Å². The Kier molecular flexibility index (Phi) is 14.8. The van der Waals surface area contributed by atoms with Crippen LogP contribution in [0.2, 0.25) is 10.0 Å². The van der Waals surface area contributed by atoms with Crippen molar-refractivity contribution in [3.05, 3.63) is 188 Å². The minimum Gasteiger partial charge on any atom is -0.348 e. The van der Waals surface area contributed by atoms with Crippen LogP contribution >= 0.6 is 23.2 Å². The lowest BCUT2D eigenvalue weighted by Gasteiger charge is -2.39. The summed E-state index contributed by atoms with van der Waals surface area (Å²) < 4.78 is 51.4. The van der Waals surface area contributed by atoms with Gasteiger partial charge in [0.2, 0.25) is 20.0 Å². The zero-order valence-corrected chi connectivity index (χ0v) is 42.1. The first-order valence-corrected chi connectivity index (χ1v) is 27.7. The van der Waals surface area contributed by atoms with E-state index in [1.165, 1.54) is 29.2 Å². The maximum Gasteiger partial charge on any atom is 0.211 e. The normalized spacial score (nSPS) is 19.0. The van der Waals surface area contributed by atoms with Crippen LogP contribution < -0.4 is 4.90 Å². The highest BCUT2D eigenvalue weighted by Crippen LogP contribution is 2.43. The number of allylic oxidation sites excluding steroid dienone is 1. The van der Waals surface area contributed by atoms with Gasteiger partial charge < -0.3 is 4.90 Å². The number of aromatic nitrogens is 3. The summed E-state index contributed by atoms with van der Waals surface area (Å²) in [4.78, 5) is 21.4. The molecule has 2 fully saturated rings. The molecule has 3 aromatic heterocycles. The summed E-state index contributed by atoms with van der Waals surface area (Å²) in [6, 6.07) is 36.5. The van der Waals surface area contributed by atoms with Crippen molar-refractivity contribution in [2.45, 2.75) is 32.0 Å². The number of hydrogen-bond acceptors (Lipinski definition) is 10. The van der Waals surface area contributed by atoms with Crippen molar-refractivity contribution in [2.24, 2.45) is 0 Å². The van der Waals surface area contributed by atoms with E-state index in [1.807, 2.05) is 79.3 Å². The predicted molar refractivity (Wildman–Crippen MR) is 279 cm³/mol. The van der Waals surface area contributed by atoms with E-state index >= 15 is 0 Å². The number of anilines is 1. The molecule has 10 rings (SSSR count). The lowest BCUT2D eigenvalue weighted by Crippen LogP contribution is -2.49. The topological polar surface area (TPSA) is 123 Å². The van der Waals surface area contributed by atoms with Crippen molar-refractivity contribution in [1.29, 1.82) is 0 Å². The van der Waals surface area contributed by atoms with Crippen molar-refractivity contribution in [1.82, 2.24) is 33.4 Å². The molecule has 12 nitrogen and oxygen atoms in total. The molecule has 0 spiro atoms. The SMILES string of the molecule is CCC1=Cc2cc(Cl)ccc2C(N2CCN(S(C)(=O)=O)CC2)c2ncccc21.CS(=O)(=O)N1CCN(C2c3ccc(Cl)cc3C=C(CN(Cc3ccccc3)c3ccccn3)c3cccnc32)CC1. The van der Waals surface area contributed by atoms with Gasteiger partial charge in [0, 0.05) is 105 Å². The van der Waals surface area contributed by atoms with Gasteiger partial charge in [0.1, 0.15) is 5.82 Å². The molecular formula is C53H56Cl2N8O4S2. The lowest BCUT2D eigenvalue weighted by molar-refractivity contribution is 0.154. The minimum atomic E-state index is -3.24. The van der Waals surface area contributed by atoms with E-state index in [0.29, 0.717) is 75.5 Å². The summed E-state index contributed by atoms with van der Waals surface area (Å²) in [6.07, 6.45) is 13.4. The summed E-state index contributed by atoms with van der Waals surface area (Å²) in [5.41, 5.74) is 12.2. The Morgan fingerprint density at radius 2 is 1.03 bits per heavy atom. The number of piperazine rings is 2. The molecule has 3 aromatic carbocycles. The fourth-order valence-electron chi connectivity index (χ4n) is 10.00. The highest BCUT2D eigenvalue weighted by Gasteiger charge is 2.36. The molecule has 2 unspecified atom stereocenters. The number of halogens is 2. The number of nitrogens with zero attached hydrogens (tertiary/aromatic N) is 8. The molecule has 0 N–H and O–H groups in total. The Morgan fingerprint density at radius 3 is 1.51 bits per heavy atom. The first kappa shape index (κ1) is 48.7. The molecule has 0 saturated carbocycles. The lowest BCUT2D eigenvalue weighted by atomic mass is 9.95. The molecule has 2 aliphatic heterocycles. The standard InChI is InChI=1S/C32H32ClN5O2S.C21H24ClN3O2S/c1-41(39,40)38-18-16-36(17-19-38)32-29-13-12-27(33)21-25(29)20-26(28-10-7-15-35-31(28)32)23-37(30-11-5-6-14-34-30)22-24-8-3-2-4-9-24;1-3-15-13-16-14-17(22)6-7-19(16)21(20-18(15)5-4-8-23-20)24-9-11-25(12-10-24)28(2,26)27/h2-15,20-21,32H,16-19,22-23H2,1H3;4-8,13-14,21H,3,9-12H2,1-2H3. The summed E-state index contributed by atoms with van der Waals surface area (Å²) in [5.74, 6) is 0.895. The molecule has 0 radical (unpaired) electrons. The minimum absolute atomic E-state index is 0.0227. The fraction of sp³-hybridized carbons (Fsp3) is 0.302. The maximum atomic E-state index is 12.2. The van der Waals surface area contributed by atoms with E-state index < -0.39 is 20.0 Å². The van der Waals surface area contributed by atoms with Crippen LogP contribution in [0.15, 0.2) is 128 Å². The van der Waals surface area contributed by atoms with E-state index in [-0.39, 0.29) is 12.1 Å². The van der Waals surface area contributed by atoms with Crippen LogP contribution in [0, 0.1) is 0 Å². The van der Waals surface area contributed by atoms with Gasteiger partial charge in [0.05, 0.1) is 36.0 Å². The van der Waals surface area contributed by atoms with Gasteiger partial charge in [-0.25, -0.2) is 21.8 Å². The number of benzene rings is 3. The zero-order chi connectivity index (χ0) is 48.3. The van der Waals surface area contributed by atoms with Gasteiger partial charge >= 0.3 is 0 Å². The molecular weight excluding hydrogens is 948 g/mol. The molecule has 2 saturated heterocycles. The smallest absolute Gasteiger partial charge is 0.211 e. The summed E-state index contributed by atoms with van der Waals surface area (Å²) in [5, 5.41) is 1.38. The number of sulfonamides is 2. The third kappa shape index (κ3) is 11.0. The second-order valence-electron chi connectivity index (χ2n) is 17.8. The van der Waals surface area contributed by atoms with Crippen LogP contribution in [0.25, 0.3) is 23.3 Å². The number of rotatable bonds is 10. The molecule has 5 heterocycles. The Hall–Kier alpha value is -5.29. The molecule has 0 amide bonds. The Labute approximate surface area is 416 Å². The summed E-state index contributed by atoms with van der Waals surface area (Å²) in [6.45, 7) is 7.90. The van der Waals surface area contributed by atoms with E-state index in [4.69, 9.17) is 38.2 Å². The predicted octanol–water partition coefficient (Wildman–Crippen LogP) is 9.02. The average Bonchev–Trinajstić information content (AvgIpc) is 3.57. The molecule has 0 bridgehead atoms. The molecule has 4 aliphatic rings. The third-order valence-electron chi connectivity index (χ3n) is 13.4.